The van der Waals surface area contributed by atoms with E-state index in [1.54, 1.807) is 0 Å². The van der Waals surface area contributed by atoms with Crippen molar-refractivity contribution in [2.45, 2.75) is 53.4 Å². The molecule has 0 fully saturated rings. The molecule has 1 atom stereocenters. The van der Waals surface area contributed by atoms with Crippen LogP contribution in [0.5, 0.6) is 0 Å². The van der Waals surface area contributed by atoms with E-state index in [4.69, 9.17) is 5.11 Å². The maximum atomic E-state index is 11.9. The number of aliphatic hydroxyl groups excluding tert-OH is 1. The van der Waals surface area contributed by atoms with Gasteiger partial charge < -0.3 is 10.0 Å². The number of carbonyl (C=O) groups excluding carboxylic acids is 1. The van der Waals surface area contributed by atoms with Crippen LogP contribution < -0.4 is 0 Å². The molecule has 1 N–H and O–H groups in total. The quantitative estimate of drug-likeness (QED) is 0.698. The molecule has 1 amide bonds. The van der Waals surface area contributed by atoms with Gasteiger partial charge in [0.25, 0.3) is 0 Å². The van der Waals surface area contributed by atoms with Crippen LogP contribution in [0.25, 0.3) is 0 Å². The fraction of sp³-hybridized carbons (Fsp3) is 0.929. The predicted molar refractivity (Wildman–Crippen MR) is 71.8 cm³/mol. The van der Waals surface area contributed by atoms with E-state index in [0.717, 1.165) is 25.8 Å². The fourth-order valence-electron chi connectivity index (χ4n) is 1.49. The molecule has 102 valence electrons. The van der Waals surface area contributed by atoms with Gasteiger partial charge in [-0.25, -0.2) is 0 Å². The van der Waals surface area contributed by atoms with Crippen LogP contribution in [0.15, 0.2) is 0 Å². The van der Waals surface area contributed by atoms with Crippen molar-refractivity contribution in [3.63, 3.8) is 0 Å². The van der Waals surface area contributed by atoms with Gasteiger partial charge in [0, 0.05) is 26.6 Å². The third-order valence-corrected chi connectivity index (χ3v) is 3.54. The monoisotopic (exact) mass is 243 g/mol. The van der Waals surface area contributed by atoms with Crippen molar-refractivity contribution in [1.29, 1.82) is 0 Å². The van der Waals surface area contributed by atoms with E-state index in [-0.39, 0.29) is 17.9 Å². The smallest absolute Gasteiger partial charge is 0.222 e. The zero-order chi connectivity index (χ0) is 13.5. The Balaban J connectivity index is 3.89. The highest BCUT2D eigenvalue weighted by Gasteiger charge is 2.23. The van der Waals surface area contributed by atoms with Crippen LogP contribution in [-0.4, -0.2) is 36.1 Å². The lowest BCUT2D eigenvalue weighted by Crippen LogP contribution is -2.31. The molecule has 0 saturated carbocycles. The first-order chi connectivity index (χ1) is 7.79. The standard InChI is InChI=1S/C14H29NO2/c1-12(14(2,3)4)11-13(17)15(5)9-7-6-8-10-16/h12,16H,6-11H2,1-5H3. The Hall–Kier alpha value is -0.570. The molecular weight excluding hydrogens is 214 g/mol. The Morgan fingerprint density at radius 3 is 2.29 bits per heavy atom. The van der Waals surface area contributed by atoms with Crippen molar-refractivity contribution >= 4 is 5.91 Å². The van der Waals surface area contributed by atoms with Crippen molar-refractivity contribution in [1.82, 2.24) is 4.90 Å². The van der Waals surface area contributed by atoms with E-state index in [0.29, 0.717) is 12.3 Å². The number of unbranched alkanes of at least 4 members (excludes halogenated alkanes) is 2. The number of hydrogen-bond donors (Lipinski definition) is 1. The molecule has 0 saturated heterocycles. The van der Waals surface area contributed by atoms with E-state index >= 15 is 0 Å². The number of nitrogens with zero attached hydrogens (tertiary/aromatic N) is 1. The Morgan fingerprint density at radius 2 is 1.82 bits per heavy atom. The number of rotatable bonds is 7. The molecule has 0 radical (unpaired) electrons. The summed E-state index contributed by atoms with van der Waals surface area (Å²) >= 11 is 0. The van der Waals surface area contributed by atoms with Crippen LogP contribution in [0.1, 0.15) is 53.4 Å². The minimum absolute atomic E-state index is 0.188. The summed E-state index contributed by atoms with van der Waals surface area (Å²) in [5, 5.41) is 8.67. The molecule has 1 unspecified atom stereocenters. The summed E-state index contributed by atoms with van der Waals surface area (Å²) in [4.78, 5) is 13.8. The van der Waals surface area contributed by atoms with Gasteiger partial charge in [-0.3, -0.25) is 4.79 Å². The Kier molecular flexibility index (Phi) is 7.44. The SMILES string of the molecule is CC(CC(=O)N(C)CCCCCO)C(C)(C)C. The lowest BCUT2D eigenvalue weighted by Gasteiger charge is -2.28. The zero-order valence-corrected chi connectivity index (χ0v) is 12.1. The summed E-state index contributed by atoms with van der Waals surface area (Å²) < 4.78 is 0. The van der Waals surface area contributed by atoms with Crippen LogP contribution in [0.4, 0.5) is 0 Å². The van der Waals surface area contributed by atoms with Gasteiger partial charge in [-0.15, -0.1) is 0 Å². The van der Waals surface area contributed by atoms with Crippen LogP contribution in [0.3, 0.4) is 0 Å². The van der Waals surface area contributed by atoms with Crippen molar-refractivity contribution in [2.75, 3.05) is 20.2 Å². The van der Waals surface area contributed by atoms with Gasteiger partial charge in [0.05, 0.1) is 0 Å². The third-order valence-electron chi connectivity index (χ3n) is 3.54. The van der Waals surface area contributed by atoms with Crippen LogP contribution in [0.2, 0.25) is 0 Å². The zero-order valence-electron chi connectivity index (χ0n) is 12.1. The van der Waals surface area contributed by atoms with Crippen LogP contribution in [-0.2, 0) is 4.79 Å². The van der Waals surface area contributed by atoms with Gasteiger partial charge in [-0.05, 0) is 30.6 Å². The maximum Gasteiger partial charge on any atom is 0.222 e. The van der Waals surface area contributed by atoms with Crippen molar-refractivity contribution < 1.29 is 9.90 Å². The van der Waals surface area contributed by atoms with Crippen LogP contribution >= 0.6 is 0 Å². The number of aliphatic hydroxyl groups is 1. The minimum atomic E-state index is 0.188. The number of hydrogen-bond acceptors (Lipinski definition) is 2. The van der Waals surface area contributed by atoms with Gasteiger partial charge in [0.15, 0.2) is 0 Å². The first kappa shape index (κ1) is 16.4. The van der Waals surface area contributed by atoms with E-state index in [1.807, 2.05) is 11.9 Å². The molecule has 0 aromatic heterocycles. The Labute approximate surface area is 106 Å². The van der Waals surface area contributed by atoms with Gasteiger partial charge in [-0.1, -0.05) is 27.7 Å². The second-order valence-corrected chi connectivity index (χ2v) is 6.07. The third kappa shape index (κ3) is 7.37. The molecule has 0 spiro atoms. The molecule has 0 aliphatic heterocycles. The van der Waals surface area contributed by atoms with Crippen molar-refractivity contribution in [3.8, 4) is 0 Å². The highest BCUT2D eigenvalue weighted by Crippen LogP contribution is 2.28. The van der Waals surface area contributed by atoms with E-state index in [2.05, 4.69) is 27.7 Å². The van der Waals surface area contributed by atoms with Gasteiger partial charge >= 0.3 is 0 Å². The second-order valence-electron chi connectivity index (χ2n) is 6.07. The molecule has 0 aromatic rings. The molecule has 3 nitrogen and oxygen atoms in total. The lowest BCUT2D eigenvalue weighted by atomic mass is 9.80. The molecule has 0 heterocycles. The van der Waals surface area contributed by atoms with E-state index < -0.39 is 0 Å². The average Bonchev–Trinajstić information content (AvgIpc) is 2.22. The first-order valence-electron chi connectivity index (χ1n) is 6.64. The molecule has 17 heavy (non-hydrogen) atoms. The molecular formula is C14H29NO2. The predicted octanol–water partition coefficient (Wildman–Crippen LogP) is 2.68. The Bertz CT molecular complexity index is 221. The summed E-state index contributed by atoms with van der Waals surface area (Å²) in [6.45, 7) is 9.70. The van der Waals surface area contributed by atoms with E-state index in [9.17, 15) is 4.79 Å². The summed E-state index contributed by atoms with van der Waals surface area (Å²) in [7, 11) is 1.87. The van der Waals surface area contributed by atoms with Crippen LogP contribution in [0, 0.1) is 11.3 Å². The van der Waals surface area contributed by atoms with Gasteiger partial charge in [-0.2, -0.15) is 0 Å². The van der Waals surface area contributed by atoms with Gasteiger partial charge in [0.1, 0.15) is 0 Å². The summed E-state index contributed by atoms with van der Waals surface area (Å²) in [5.41, 5.74) is 0.188. The molecule has 0 aromatic carbocycles. The fourth-order valence-corrected chi connectivity index (χ4v) is 1.49. The highest BCUT2D eigenvalue weighted by molar-refractivity contribution is 5.76. The molecule has 0 bridgehead atoms. The van der Waals surface area contributed by atoms with Crippen molar-refractivity contribution in [2.24, 2.45) is 11.3 Å². The summed E-state index contributed by atoms with van der Waals surface area (Å²) in [5.74, 6) is 0.631. The van der Waals surface area contributed by atoms with Crippen molar-refractivity contribution in [3.05, 3.63) is 0 Å². The highest BCUT2D eigenvalue weighted by atomic mass is 16.2. The number of amides is 1. The topological polar surface area (TPSA) is 40.5 Å². The minimum Gasteiger partial charge on any atom is -0.396 e. The number of carbonyl (C=O) groups is 1. The first-order valence-corrected chi connectivity index (χ1v) is 6.64. The second kappa shape index (κ2) is 7.70. The molecule has 0 aliphatic rings. The Morgan fingerprint density at radius 1 is 1.24 bits per heavy atom. The average molecular weight is 243 g/mol. The summed E-state index contributed by atoms with van der Waals surface area (Å²) in [6.07, 6.45) is 3.43. The van der Waals surface area contributed by atoms with E-state index in [1.165, 1.54) is 0 Å². The lowest BCUT2D eigenvalue weighted by molar-refractivity contribution is -0.131. The largest absolute Gasteiger partial charge is 0.396 e. The van der Waals surface area contributed by atoms with Gasteiger partial charge in [0.2, 0.25) is 5.91 Å². The molecule has 0 aliphatic carbocycles. The summed E-state index contributed by atoms with van der Waals surface area (Å²) in [6, 6.07) is 0. The maximum absolute atomic E-state index is 11.9. The molecule has 3 heteroatoms. The molecule has 0 rings (SSSR count). The normalized spacial score (nSPS) is 13.5.